The second kappa shape index (κ2) is 7.90. The number of benzene rings is 1. The van der Waals surface area contributed by atoms with Crippen LogP contribution in [0.5, 0.6) is 11.5 Å². The van der Waals surface area contributed by atoms with Crippen LogP contribution in [0.3, 0.4) is 0 Å². The number of likely N-dealkylation sites (tertiary alicyclic amines) is 1. The molecular formula is C18H19F3N4O4. The van der Waals surface area contributed by atoms with E-state index in [-0.39, 0.29) is 24.3 Å². The normalized spacial score (nSPS) is 17.9. The van der Waals surface area contributed by atoms with Crippen LogP contribution >= 0.6 is 0 Å². The number of alkyl halides is 3. The minimum atomic E-state index is -4.64. The van der Waals surface area contributed by atoms with Crippen LogP contribution in [0.2, 0.25) is 0 Å². The average molecular weight is 412 g/mol. The third-order valence-corrected chi connectivity index (χ3v) is 4.81. The predicted molar refractivity (Wildman–Crippen MR) is 93.8 cm³/mol. The van der Waals surface area contributed by atoms with Gasteiger partial charge in [0, 0.05) is 17.7 Å². The summed E-state index contributed by atoms with van der Waals surface area (Å²) in [6.07, 6.45) is -3.56. The zero-order valence-electron chi connectivity index (χ0n) is 15.4. The standard InChI is InChI=1S/C18H19F3N4O4/c19-18(20,21)17-24-23-16(29-17)11-3-5-25(6-4-11)10-15(26)22-12-1-2-13-14(9-12)28-8-7-27-13/h1-2,9,11H,3-8,10H2,(H,22,26). The van der Waals surface area contributed by atoms with Gasteiger partial charge in [-0.3, -0.25) is 9.69 Å². The first-order valence-electron chi connectivity index (χ1n) is 9.21. The number of carbonyl (C=O) groups is 1. The first kappa shape index (κ1) is 19.5. The van der Waals surface area contributed by atoms with Crippen molar-refractivity contribution in [1.29, 1.82) is 0 Å². The Hall–Kier alpha value is -2.82. The van der Waals surface area contributed by atoms with Gasteiger partial charge in [0.25, 0.3) is 0 Å². The molecule has 4 rings (SSSR count). The lowest BCUT2D eigenvalue weighted by atomic mass is 9.97. The van der Waals surface area contributed by atoms with Crippen LogP contribution in [0.25, 0.3) is 0 Å². The van der Waals surface area contributed by atoms with Gasteiger partial charge >= 0.3 is 12.1 Å². The fraction of sp³-hybridized carbons (Fsp3) is 0.500. The van der Waals surface area contributed by atoms with Crippen molar-refractivity contribution in [1.82, 2.24) is 15.1 Å². The van der Waals surface area contributed by atoms with Gasteiger partial charge in [-0.25, -0.2) is 0 Å². The maximum Gasteiger partial charge on any atom is 0.470 e. The summed E-state index contributed by atoms with van der Waals surface area (Å²) in [7, 11) is 0. The molecule has 1 saturated heterocycles. The highest BCUT2D eigenvalue weighted by Crippen LogP contribution is 2.33. The molecular weight excluding hydrogens is 393 g/mol. The van der Waals surface area contributed by atoms with Crippen molar-refractivity contribution in [2.75, 3.05) is 38.2 Å². The van der Waals surface area contributed by atoms with E-state index in [2.05, 4.69) is 15.5 Å². The molecule has 1 N–H and O–H groups in total. The molecule has 1 aromatic carbocycles. The molecule has 8 nitrogen and oxygen atoms in total. The van der Waals surface area contributed by atoms with Crippen molar-refractivity contribution in [2.45, 2.75) is 24.9 Å². The summed E-state index contributed by atoms with van der Waals surface area (Å²) in [4.78, 5) is 14.3. The first-order chi connectivity index (χ1) is 13.9. The van der Waals surface area contributed by atoms with Crippen LogP contribution in [0, 0.1) is 0 Å². The number of hydrogen-bond acceptors (Lipinski definition) is 7. The van der Waals surface area contributed by atoms with E-state index < -0.39 is 12.1 Å². The van der Waals surface area contributed by atoms with Crippen molar-refractivity contribution >= 4 is 11.6 Å². The number of nitrogens with zero attached hydrogens (tertiary/aromatic N) is 3. The van der Waals surface area contributed by atoms with E-state index in [1.165, 1.54) is 0 Å². The van der Waals surface area contributed by atoms with E-state index >= 15 is 0 Å². The highest BCUT2D eigenvalue weighted by molar-refractivity contribution is 5.92. The molecule has 29 heavy (non-hydrogen) atoms. The van der Waals surface area contributed by atoms with Crippen LogP contribution < -0.4 is 14.8 Å². The number of halogens is 3. The molecule has 0 aliphatic carbocycles. The van der Waals surface area contributed by atoms with Crippen molar-refractivity contribution in [3.05, 3.63) is 30.0 Å². The van der Waals surface area contributed by atoms with Crippen molar-refractivity contribution < 1.29 is 31.9 Å². The van der Waals surface area contributed by atoms with E-state index in [1.54, 1.807) is 18.2 Å². The zero-order valence-corrected chi connectivity index (χ0v) is 15.4. The highest BCUT2D eigenvalue weighted by atomic mass is 19.4. The molecule has 1 aromatic heterocycles. The molecule has 1 fully saturated rings. The van der Waals surface area contributed by atoms with Gasteiger partial charge in [-0.15, -0.1) is 10.2 Å². The van der Waals surface area contributed by atoms with Gasteiger partial charge in [0.2, 0.25) is 11.8 Å². The lowest BCUT2D eigenvalue weighted by molar-refractivity contribution is -0.157. The van der Waals surface area contributed by atoms with Gasteiger partial charge < -0.3 is 19.2 Å². The summed E-state index contributed by atoms with van der Waals surface area (Å²) in [5.41, 5.74) is 0.611. The maximum atomic E-state index is 12.6. The Balaban J connectivity index is 1.27. The van der Waals surface area contributed by atoms with E-state index in [9.17, 15) is 18.0 Å². The van der Waals surface area contributed by atoms with Crippen LogP contribution in [-0.4, -0.2) is 53.9 Å². The summed E-state index contributed by atoms with van der Waals surface area (Å²) in [6.45, 7) is 2.23. The number of anilines is 1. The van der Waals surface area contributed by atoms with Gasteiger partial charge in [-0.2, -0.15) is 13.2 Å². The number of amides is 1. The summed E-state index contributed by atoms with van der Waals surface area (Å²) >= 11 is 0. The van der Waals surface area contributed by atoms with Gasteiger partial charge in [0.1, 0.15) is 13.2 Å². The van der Waals surface area contributed by atoms with Crippen LogP contribution in [0.15, 0.2) is 22.6 Å². The molecule has 2 aromatic rings. The Morgan fingerprint density at radius 2 is 1.86 bits per heavy atom. The van der Waals surface area contributed by atoms with Gasteiger partial charge in [-0.05, 0) is 38.1 Å². The molecule has 0 saturated carbocycles. The summed E-state index contributed by atoms with van der Waals surface area (Å²) in [5, 5.41) is 9.42. The maximum absolute atomic E-state index is 12.6. The molecule has 156 valence electrons. The fourth-order valence-electron chi connectivity index (χ4n) is 3.38. The third-order valence-electron chi connectivity index (χ3n) is 4.81. The Morgan fingerprint density at radius 3 is 2.55 bits per heavy atom. The molecule has 3 heterocycles. The SMILES string of the molecule is O=C(CN1CCC(c2nnc(C(F)(F)F)o2)CC1)Nc1ccc2c(c1)OCCO2. The van der Waals surface area contributed by atoms with E-state index in [0.717, 1.165) is 0 Å². The van der Waals surface area contributed by atoms with Crippen molar-refractivity contribution in [3.8, 4) is 11.5 Å². The van der Waals surface area contributed by atoms with Crippen LogP contribution in [0.4, 0.5) is 18.9 Å². The number of ether oxygens (including phenoxy) is 2. The zero-order chi connectivity index (χ0) is 20.4. The second-order valence-corrected chi connectivity index (χ2v) is 6.90. The Morgan fingerprint density at radius 1 is 1.14 bits per heavy atom. The fourth-order valence-corrected chi connectivity index (χ4v) is 3.38. The molecule has 0 atom stereocenters. The Bertz CT molecular complexity index is 878. The van der Waals surface area contributed by atoms with Gasteiger partial charge in [0.05, 0.1) is 6.54 Å². The van der Waals surface area contributed by atoms with Gasteiger partial charge in [0.15, 0.2) is 11.5 Å². The minimum absolute atomic E-state index is 0.00213. The number of hydrogen-bond donors (Lipinski definition) is 1. The number of rotatable bonds is 4. The molecule has 2 aliphatic rings. The van der Waals surface area contributed by atoms with Crippen LogP contribution in [-0.2, 0) is 11.0 Å². The summed E-state index contributed by atoms with van der Waals surface area (Å²) in [6, 6.07) is 5.20. The number of nitrogens with one attached hydrogen (secondary N) is 1. The number of fused-ring (bicyclic) bond motifs is 1. The lowest BCUT2D eigenvalue weighted by Gasteiger charge is -2.29. The number of aromatic nitrogens is 2. The molecule has 0 unspecified atom stereocenters. The van der Waals surface area contributed by atoms with E-state index in [0.29, 0.717) is 56.3 Å². The first-order valence-corrected chi connectivity index (χ1v) is 9.21. The Labute approximate surface area is 164 Å². The number of piperidine rings is 1. The molecule has 0 spiro atoms. The largest absolute Gasteiger partial charge is 0.486 e. The van der Waals surface area contributed by atoms with E-state index in [1.807, 2.05) is 4.90 Å². The van der Waals surface area contributed by atoms with Crippen molar-refractivity contribution in [3.63, 3.8) is 0 Å². The molecule has 2 aliphatic heterocycles. The number of carbonyl (C=O) groups excluding carboxylic acids is 1. The van der Waals surface area contributed by atoms with Crippen LogP contribution in [0.1, 0.15) is 30.5 Å². The third kappa shape index (κ3) is 4.61. The summed E-state index contributed by atoms with van der Waals surface area (Å²) < 4.78 is 53.4. The van der Waals surface area contributed by atoms with Crippen molar-refractivity contribution in [2.24, 2.45) is 0 Å². The topological polar surface area (TPSA) is 89.7 Å². The molecule has 0 radical (unpaired) electrons. The second-order valence-electron chi connectivity index (χ2n) is 6.90. The Kier molecular flexibility index (Phi) is 5.31. The lowest BCUT2D eigenvalue weighted by Crippen LogP contribution is -2.38. The van der Waals surface area contributed by atoms with Gasteiger partial charge in [-0.1, -0.05) is 0 Å². The molecule has 11 heteroatoms. The monoisotopic (exact) mass is 412 g/mol. The quantitative estimate of drug-likeness (QED) is 0.826. The smallest absolute Gasteiger partial charge is 0.470 e. The van der Waals surface area contributed by atoms with E-state index in [4.69, 9.17) is 13.9 Å². The molecule has 0 bridgehead atoms. The summed E-state index contributed by atoms with van der Waals surface area (Å²) in [5.74, 6) is -0.516. The minimum Gasteiger partial charge on any atom is -0.486 e. The average Bonchev–Trinajstić information content (AvgIpc) is 3.19. The molecule has 1 amide bonds. The predicted octanol–water partition coefficient (Wildman–Crippen LogP) is 2.68. The highest BCUT2D eigenvalue weighted by Gasteiger charge is 2.39.